The van der Waals surface area contributed by atoms with Gasteiger partial charge in [-0.05, 0) is 72.7 Å². The molecule has 1 fully saturated rings. The molecule has 1 aliphatic heterocycles. The molecule has 27 heavy (non-hydrogen) atoms. The van der Waals surface area contributed by atoms with Crippen molar-refractivity contribution < 1.29 is 9.53 Å². The van der Waals surface area contributed by atoms with Gasteiger partial charge in [0.25, 0.3) is 5.91 Å². The van der Waals surface area contributed by atoms with Gasteiger partial charge in [-0.2, -0.15) is 0 Å². The molecule has 0 radical (unpaired) electrons. The topological polar surface area (TPSA) is 29.5 Å². The number of amides is 1. The van der Waals surface area contributed by atoms with Gasteiger partial charge in [-0.3, -0.25) is 4.79 Å². The molecule has 1 heterocycles. The lowest BCUT2D eigenvalue weighted by Gasteiger charge is -2.22. The van der Waals surface area contributed by atoms with E-state index in [1.807, 2.05) is 54.8 Å². The third-order valence-electron chi connectivity index (χ3n) is 4.49. The van der Waals surface area contributed by atoms with Crippen molar-refractivity contribution in [2.75, 3.05) is 31.7 Å². The van der Waals surface area contributed by atoms with E-state index in [0.717, 1.165) is 11.3 Å². The van der Waals surface area contributed by atoms with Gasteiger partial charge in [0, 0.05) is 12.6 Å². The van der Waals surface area contributed by atoms with E-state index in [4.69, 9.17) is 4.74 Å². The van der Waals surface area contributed by atoms with Crippen LogP contribution in [0, 0.1) is 13.8 Å². The molecule has 1 amide bonds. The highest BCUT2D eigenvalue weighted by molar-refractivity contribution is 8.16. The number of aryl methyl sites for hydroxylation is 2. The molecule has 3 rings (SSSR count). The first-order valence-electron chi connectivity index (χ1n) is 9.32. The van der Waals surface area contributed by atoms with Crippen molar-refractivity contribution in [2.24, 2.45) is 0 Å². The minimum Gasteiger partial charge on any atom is -0.492 e. The molecule has 2 aromatic carbocycles. The Bertz CT molecular complexity index is 750. The molecule has 0 unspecified atom stereocenters. The monoisotopic (exact) mass is 401 g/mol. The minimum atomic E-state index is 0.0366. The molecule has 2 aromatic rings. The Morgan fingerprint density at radius 1 is 1.07 bits per heavy atom. The maximum Gasteiger partial charge on any atom is 0.253 e. The predicted octanol–water partition coefficient (Wildman–Crippen LogP) is 5.32. The van der Waals surface area contributed by atoms with Crippen LogP contribution in [0.5, 0.6) is 5.75 Å². The number of carbonyl (C=O) groups is 1. The fourth-order valence-electron chi connectivity index (χ4n) is 3.10. The van der Waals surface area contributed by atoms with Gasteiger partial charge in [-0.1, -0.05) is 18.2 Å². The Morgan fingerprint density at radius 3 is 2.33 bits per heavy atom. The summed E-state index contributed by atoms with van der Waals surface area (Å²) in [7, 11) is 1.83. The number of carbonyl (C=O) groups excluding carboxylic acids is 1. The van der Waals surface area contributed by atoms with Crippen LogP contribution >= 0.6 is 23.5 Å². The number of benzene rings is 2. The average Bonchev–Trinajstić information content (AvgIpc) is 2.67. The summed E-state index contributed by atoms with van der Waals surface area (Å²) < 4.78 is 6.33. The van der Waals surface area contributed by atoms with Gasteiger partial charge in [0.05, 0.1) is 11.1 Å². The largest absolute Gasteiger partial charge is 0.492 e. The molecule has 0 aliphatic carbocycles. The summed E-state index contributed by atoms with van der Waals surface area (Å²) in [6, 6.07) is 14.3. The lowest BCUT2D eigenvalue weighted by Crippen LogP contribution is -2.30. The number of ether oxygens (including phenoxy) is 1. The fraction of sp³-hybridized carbons (Fsp3) is 0.409. The number of thioether (sulfide) groups is 2. The Hall–Kier alpha value is -1.59. The van der Waals surface area contributed by atoms with Crippen molar-refractivity contribution in [3.8, 4) is 5.75 Å². The van der Waals surface area contributed by atoms with E-state index in [1.165, 1.54) is 34.6 Å². The van der Waals surface area contributed by atoms with Crippen LogP contribution in [0.25, 0.3) is 0 Å². The second-order valence-corrected chi connectivity index (χ2v) is 9.67. The summed E-state index contributed by atoms with van der Waals surface area (Å²) in [6.45, 7) is 5.16. The number of rotatable bonds is 6. The van der Waals surface area contributed by atoms with Crippen molar-refractivity contribution >= 4 is 29.4 Å². The number of nitrogens with zero attached hydrogens (tertiary/aromatic N) is 1. The summed E-state index contributed by atoms with van der Waals surface area (Å²) in [6.07, 6.45) is 1.29. The Morgan fingerprint density at radius 2 is 1.70 bits per heavy atom. The van der Waals surface area contributed by atoms with E-state index in [1.54, 1.807) is 4.90 Å². The Labute approximate surface area is 170 Å². The van der Waals surface area contributed by atoms with Crippen LogP contribution in [-0.4, -0.2) is 42.5 Å². The van der Waals surface area contributed by atoms with Gasteiger partial charge >= 0.3 is 0 Å². The summed E-state index contributed by atoms with van der Waals surface area (Å²) in [5.74, 6) is 3.35. The van der Waals surface area contributed by atoms with Crippen molar-refractivity contribution in [2.45, 2.75) is 24.9 Å². The molecule has 0 aromatic heterocycles. The van der Waals surface area contributed by atoms with Crippen LogP contribution < -0.4 is 4.74 Å². The minimum absolute atomic E-state index is 0.0366. The summed E-state index contributed by atoms with van der Waals surface area (Å²) in [4.78, 5) is 14.4. The lowest BCUT2D eigenvalue weighted by atomic mass is 10.1. The van der Waals surface area contributed by atoms with E-state index < -0.39 is 0 Å². The SMILES string of the molecule is Cc1cc(C)cc(OCCN(C)C(=O)c2ccc(C3SCCCS3)cc2)c1. The first kappa shape index (κ1) is 20.2. The van der Waals surface area contributed by atoms with Gasteiger partial charge in [0.1, 0.15) is 12.4 Å². The molecule has 0 N–H and O–H groups in total. The van der Waals surface area contributed by atoms with Crippen molar-refractivity contribution in [3.63, 3.8) is 0 Å². The summed E-state index contributed by atoms with van der Waals surface area (Å²) >= 11 is 4.00. The smallest absolute Gasteiger partial charge is 0.253 e. The van der Waals surface area contributed by atoms with Crippen LogP contribution in [0.4, 0.5) is 0 Å². The third kappa shape index (κ3) is 5.69. The average molecular weight is 402 g/mol. The van der Waals surface area contributed by atoms with E-state index in [-0.39, 0.29) is 5.91 Å². The van der Waals surface area contributed by atoms with Crippen LogP contribution in [0.15, 0.2) is 42.5 Å². The standard InChI is InChI=1S/C22H27NO2S2/c1-16-13-17(2)15-20(14-16)25-10-9-23(3)21(24)18-5-7-19(8-6-18)22-26-11-4-12-27-22/h5-8,13-15,22H,4,9-12H2,1-3H3. The predicted molar refractivity (Wildman–Crippen MR) is 117 cm³/mol. The zero-order valence-corrected chi connectivity index (χ0v) is 17.9. The number of hydrogen-bond donors (Lipinski definition) is 0. The van der Waals surface area contributed by atoms with Crippen molar-refractivity contribution in [3.05, 3.63) is 64.7 Å². The second-order valence-electron chi connectivity index (χ2n) is 6.95. The molecule has 0 saturated carbocycles. The van der Waals surface area contributed by atoms with Gasteiger partial charge in [-0.15, -0.1) is 23.5 Å². The summed E-state index contributed by atoms with van der Waals surface area (Å²) in [5, 5.41) is 0. The molecule has 144 valence electrons. The molecule has 0 atom stereocenters. The fourth-order valence-corrected chi connectivity index (χ4v) is 6.00. The maximum atomic E-state index is 12.6. The number of hydrogen-bond acceptors (Lipinski definition) is 4. The first-order chi connectivity index (χ1) is 13.0. The van der Waals surface area contributed by atoms with E-state index >= 15 is 0 Å². The summed E-state index contributed by atoms with van der Waals surface area (Å²) in [5.41, 5.74) is 4.41. The Kier molecular flexibility index (Phi) is 7.13. The van der Waals surface area contributed by atoms with E-state index in [9.17, 15) is 4.79 Å². The molecule has 1 saturated heterocycles. The zero-order chi connectivity index (χ0) is 19.2. The first-order valence-corrected chi connectivity index (χ1v) is 11.4. The molecule has 5 heteroatoms. The molecule has 0 bridgehead atoms. The Balaban J connectivity index is 1.52. The normalized spacial score (nSPS) is 14.8. The van der Waals surface area contributed by atoms with Gasteiger partial charge < -0.3 is 9.64 Å². The molecule has 1 aliphatic rings. The highest BCUT2D eigenvalue weighted by Crippen LogP contribution is 2.43. The van der Waals surface area contributed by atoms with Crippen LogP contribution in [0.1, 0.15) is 38.1 Å². The highest BCUT2D eigenvalue weighted by atomic mass is 32.2. The molecular weight excluding hydrogens is 374 g/mol. The van der Waals surface area contributed by atoms with E-state index in [0.29, 0.717) is 17.7 Å². The quantitative estimate of drug-likeness (QED) is 0.655. The molecule has 3 nitrogen and oxygen atoms in total. The van der Waals surface area contributed by atoms with Crippen molar-refractivity contribution in [1.82, 2.24) is 4.90 Å². The second kappa shape index (κ2) is 9.56. The molecular formula is C22H27NO2S2. The van der Waals surface area contributed by atoms with E-state index in [2.05, 4.69) is 32.0 Å². The van der Waals surface area contributed by atoms with Crippen LogP contribution in [0.3, 0.4) is 0 Å². The van der Waals surface area contributed by atoms with Crippen LogP contribution in [0.2, 0.25) is 0 Å². The lowest BCUT2D eigenvalue weighted by molar-refractivity contribution is 0.0773. The number of likely N-dealkylation sites (N-methyl/N-ethyl adjacent to an activating group) is 1. The van der Waals surface area contributed by atoms with Gasteiger partial charge in [0.15, 0.2) is 0 Å². The zero-order valence-electron chi connectivity index (χ0n) is 16.2. The third-order valence-corrected chi connectivity index (χ3v) is 7.51. The maximum absolute atomic E-state index is 12.6. The van der Waals surface area contributed by atoms with Gasteiger partial charge in [-0.25, -0.2) is 0 Å². The van der Waals surface area contributed by atoms with Gasteiger partial charge in [0.2, 0.25) is 0 Å². The van der Waals surface area contributed by atoms with Crippen molar-refractivity contribution in [1.29, 1.82) is 0 Å². The van der Waals surface area contributed by atoms with Crippen LogP contribution in [-0.2, 0) is 0 Å². The molecule has 0 spiro atoms. The highest BCUT2D eigenvalue weighted by Gasteiger charge is 2.18.